The van der Waals surface area contributed by atoms with E-state index in [0.29, 0.717) is 6.04 Å². The van der Waals surface area contributed by atoms with E-state index in [4.69, 9.17) is 5.84 Å². The quantitative estimate of drug-likeness (QED) is 0.502. The van der Waals surface area contributed by atoms with Crippen LogP contribution in [0.25, 0.3) is 0 Å². The molecule has 0 spiro atoms. The Morgan fingerprint density at radius 1 is 1.09 bits per heavy atom. The van der Waals surface area contributed by atoms with Crippen LogP contribution < -0.4 is 11.3 Å². The van der Waals surface area contributed by atoms with Crippen molar-refractivity contribution in [2.75, 3.05) is 0 Å². The molecule has 1 rings (SSSR count). The number of halogens is 2. The highest BCUT2D eigenvalue weighted by atomic mass is 35.5. The summed E-state index contributed by atoms with van der Waals surface area (Å²) in [5.74, 6) is 6.22. The molecule has 0 heterocycles. The lowest BCUT2D eigenvalue weighted by Crippen LogP contribution is -2.37. The molecule has 11 heavy (non-hydrogen) atoms. The minimum Gasteiger partial charge on any atom is -0.271 e. The lowest BCUT2D eigenvalue weighted by molar-refractivity contribution is 0.310. The second kappa shape index (κ2) is 7.17. The highest BCUT2D eigenvalue weighted by Crippen LogP contribution is 2.22. The fraction of sp³-hybridized carbons (Fsp3) is 1.00. The summed E-state index contributed by atoms with van der Waals surface area (Å²) in [4.78, 5) is 0. The first-order valence-corrected chi connectivity index (χ1v) is 3.79. The zero-order valence-electron chi connectivity index (χ0n) is 6.88. The molecule has 70 valence electrons. The van der Waals surface area contributed by atoms with Crippen molar-refractivity contribution in [1.29, 1.82) is 0 Å². The van der Waals surface area contributed by atoms with Crippen molar-refractivity contribution < 1.29 is 0 Å². The summed E-state index contributed by atoms with van der Waals surface area (Å²) in [6.45, 7) is 2.31. The first-order valence-electron chi connectivity index (χ1n) is 3.79. The predicted molar refractivity (Wildman–Crippen MR) is 53.2 cm³/mol. The Morgan fingerprint density at radius 2 is 1.55 bits per heavy atom. The van der Waals surface area contributed by atoms with E-state index in [2.05, 4.69) is 12.3 Å². The highest BCUT2D eigenvalue weighted by molar-refractivity contribution is 5.85. The summed E-state index contributed by atoms with van der Waals surface area (Å²) >= 11 is 0. The predicted octanol–water partition coefficient (Wildman–Crippen LogP) is 1.87. The zero-order chi connectivity index (χ0) is 6.69. The van der Waals surface area contributed by atoms with Crippen LogP contribution in [0.15, 0.2) is 0 Å². The summed E-state index contributed by atoms with van der Waals surface area (Å²) in [6, 6.07) is 0.598. The van der Waals surface area contributed by atoms with Crippen LogP contribution in [0.3, 0.4) is 0 Å². The van der Waals surface area contributed by atoms with E-state index < -0.39 is 0 Å². The Morgan fingerprint density at radius 3 is 1.91 bits per heavy atom. The molecule has 1 aliphatic rings. The lowest BCUT2D eigenvalue weighted by atomic mass is 9.88. The summed E-state index contributed by atoms with van der Waals surface area (Å²) in [5, 5.41) is 0. The van der Waals surface area contributed by atoms with Gasteiger partial charge in [-0.05, 0) is 31.6 Å². The number of nitrogens with one attached hydrogen (secondary N) is 1. The van der Waals surface area contributed by atoms with Crippen molar-refractivity contribution in [2.45, 2.75) is 38.6 Å². The maximum atomic E-state index is 5.30. The van der Waals surface area contributed by atoms with Crippen LogP contribution in [-0.4, -0.2) is 6.04 Å². The van der Waals surface area contributed by atoms with E-state index in [0.717, 1.165) is 5.92 Å². The summed E-state index contributed by atoms with van der Waals surface area (Å²) in [5.41, 5.74) is 2.82. The molecule has 0 saturated heterocycles. The van der Waals surface area contributed by atoms with Gasteiger partial charge in [0.1, 0.15) is 0 Å². The van der Waals surface area contributed by atoms with E-state index in [1.165, 1.54) is 25.7 Å². The fourth-order valence-corrected chi connectivity index (χ4v) is 1.43. The van der Waals surface area contributed by atoms with E-state index in [9.17, 15) is 0 Å². The Hall–Kier alpha value is 0.500. The maximum absolute atomic E-state index is 5.30. The molecule has 3 N–H and O–H groups in total. The van der Waals surface area contributed by atoms with Crippen molar-refractivity contribution in [2.24, 2.45) is 11.8 Å². The molecule has 0 amide bonds. The summed E-state index contributed by atoms with van der Waals surface area (Å²) in [7, 11) is 0. The minimum absolute atomic E-state index is 0. The molecule has 4 heteroatoms. The molecule has 1 fully saturated rings. The molecule has 0 radical (unpaired) electrons. The second-order valence-electron chi connectivity index (χ2n) is 3.12. The monoisotopic (exact) mass is 200 g/mol. The zero-order valence-corrected chi connectivity index (χ0v) is 8.51. The van der Waals surface area contributed by atoms with Crippen molar-refractivity contribution in [3.63, 3.8) is 0 Å². The SMILES string of the molecule is CC1CCC(NN)CC1.Cl.Cl. The largest absolute Gasteiger partial charge is 0.271 e. The van der Waals surface area contributed by atoms with Crippen LogP contribution in [0.5, 0.6) is 0 Å². The van der Waals surface area contributed by atoms with Gasteiger partial charge in [-0.2, -0.15) is 0 Å². The first kappa shape index (κ1) is 14.0. The second-order valence-corrected chi connectivity index (χ2v) is 3.12. The average molecular weight is 201 g/mol. The van der Waals surface area contributed by atoms with Crippen LogP contribution in [0.4, 0.5) is 0 Å². The molecule has 1 saturated carbocycles. The van der Waals surface area contributed by atoms with Gasteiger partial charge >= 0.3 is 0 Å². The summed E-state index contributed by atoms with van der Waals surface area (Å²) < 4.78 is 0. The van der Waals surface area contributed by atoms with Crippen molar-refractivity contribution in [3.05, 3.63) is 0 Å². The maximum Gasteiger partial charge on any atom is 0.0210 e. The molecule has 0 aromatic carbocycles. The van der Waals surface area contributed by atoms with E-state index in [1.807, 2.05) is 0 Å². The van der Waals surface area contributed by atoms with Gasteiger partial charge < -0.3 is 0 Å². The Labute approximate surface area is 81.1 Å². The van der Waals surface area contributed by atoms with E-state index in [1.54, 1.807) is 0 Å². The van der Waals surface area contributed by atoms with Crippen LogP contribution in [0, 0.1) is 5.92 Å². The van der Waals surface area contributed by atoms with Gasteiger partial charge in [-0.15, -0.1) is 24.8 Å². The number of hydrogen-bond donors (Lipinski definition) is 2. The van der Waals surface area contributed by atoms with Gasteiger partial charge in [0, 0.05) is 6.04 Å². The van der Waals surface area contributed by atoms with Gasteiger partial charge in [0.05, 0.1) is 0 Å². The molecule has 0 aliphatic heterocycles. The Kier molecular flexibility index (Phi) is 9.15. The molecule has 0 bridgehead atoms. The lowest BCUT2D eigenvalue weighted by Gasteiger charge is -2.24. The fourth-order valence-electron chi connectivity index (χ4n) is 1.43. The highest BCUT2D eigenvalue weighted by Gasteiger charge is 2.15. The smallest absolute Gasteiger partial charge is 0.0210 e. The van der Waals surface area contributed by atoms with Crippen molar-refractivity contribution >= 4 is 24.8 Å². The summed E-state index contributed by atoms with van der Waals surface area (Å²) in [6.07, 6.45) is 5.21. The van der Waals surface area contributed by atoms with Crippen LogP contribution >= 0.6 is 24.8 Å². The number of hydrogen-bond acceptors (Lipinski definition) is 2. The third-order valence-electron chi connectivity index (χ3n) is 2.25. The average Bonchev–Trinajstić information content (AvgIpc) is 1.90. The van der Waals surface area contributed by atoms with Crippen LogP contribution in [0.2, 0.25) is 0 Å². The van der Waals surface area contributed by atoms with E-state index in [-0.39, 0.29) is 24.8 Å². The molecule has 0 unspecified atom stereocenters. The minimum atomic E-state index is 0. The van der Waals surface area contributed by atoms with Gasteiger partial charge in [0.25, 0.3) is 0 Å². The number of hydrazine groups is 1. The normalized spacial score (nSPS) is 30.0. The van der Waals surface area contributed by atoms with Gasteiger partial charge in [-0.25, -0.2) is 0 Å². The van der Waals surface area contributed by atoms with E-state index >= 15 is 0 Å². The van der Waals surface area contributed by atoms with Gasteiger partial charge in [-0.1, -0.05) is 6.92 Å². The third kappa shape index (κ3) is 4.86. The number of nitrogens with two attached hydrogens (primary N) is 1. The first-order chi connectivity index (χ1) is 4.33. The van der Waals surface area contributed by atoms with Gasteiger partial charge in [-0.3, -0.25) is 11.3 Å². The van der Waals surface area contributed by atoms with Crippen LogP contribution in [-0.2, 0) is 0 Å². The molecular formula is C7H18Cl2N2. The Balaban J connectivity index is 0. The molecule has 1 aliphatic carbocycles. The molecular weight excluding hydrogens is 183 g/mol. The van der Waals surface area contributed by atoms with Crippen LogP contribution in [0.1, 0.15) is 32.6 Å². The third-order valence-corrected chi connectivity index (χ3v) is 2.25. The van der Waals surface area contributed by atoms with Gasteiger partial charge in [0.15, 0.2) is 0 Å². The molecule has 2 nitrogen and oxygen atoms in total. The molecule has 0 aromatic rings. The van der Waals surface area contributed by atoms with Gasteiger partial charge in [0.2, 0.25) is 0 Å². The standard InChI is InChI=1S/C7H16N2.2ClH/c1-6-2-4-7(9-8)5-3-6;;/h6-7,9H,2-5,8H2,1H3;2*1H. The Bertz CT molecular complexity index is 82.5. The number of rotatable bonds is 1. The van der Waals surface area contributed by atoms with Crippen molar-refractivity contribution in [3.8, 4) is 0 Å². The topological polar surface area (TPSA) is 38.0 Å². The van der Waals surface area contributed by atoms with Crippen molar-refractivity contribution in [1.82, 2.24) is 5.43 Å². The molecule has 0 aromatic heterocycles. The molecule has 0 atom stereocenters.